The van der Waals surface area contributed by atoms with E-state index in [-0.39, 0.29) is 32.7 Å². The molecule has 0 radical (unpaired) electrons. The molecule has 0 aliphatic heterocycles. The third-order valence-electron chi connectivity index (χ3n) is 4.14. The molecule has 0 bridgehead atoms. The minimum Gasteiger partial charge on any atom is -0.481 e. The topological polar surface area (TPSA) is 173 Å². The van der Waals surface area contributed by atoms with Crippen molar-refractivity contribution in [2.24, 2.45) is 5.41 Å². The lowest BCUT2D eigenvalue weighted by atomic mass is 9.86. The van der Waals surface area contributed by atoms with Gasteiger partial charge in [-0.1, -0.05) is 31.8 Å². The molecule has 9 heteroatoms. The van der Waals surface area contributed by atoms with E-state index in [1.807, 2.05) is 0 Å². The smallest absolute Gasteiger partial charge is 0.327 e. The van der Waals surface area contributed by atoms with Crippen molar-refractivity contribution in [3.8, 4) is 0 Å². The van der Waals surface area contributed by atoms with Crippen LogP contribution in [-0.2, 0) is 14.4 Å². The molecule has 164 valence electrons. The molecular formula is C19H34O9. The Balaban J connectivity index is 0. The van der Waals surface area contributed by atoms with Crippen molar-refractivity contribution >= 4 is 17.9 Å². The molecule has 0 aromatic carbocycles. The normalized spacial score (nSPS) is 11.1. The van der Waals surface area contributed by atoms with E-state index in [1.165, 1.54) is 6.08 Å². The fourth-order valence-corrected chi connectivity index (χ4v) is 2.22. The molecule has 0 aromatic heterocycles. The second-order valence-electron chi connectivity index (χ2n) is 6.66. The number of allylic oxidation sites excluding steroid dienone is 1. The van der Waals surface area contributed by atoms with Crippen LogP contribution in [0.1, 0.15) is 64.2 Å². The van der Waals surface area contributed by atoms with Crippen LogP contribution in [0, 0.1) is 5.41 Å². The van der Waals surface area contributed by atoms with Crippen molar-refractivity contribution in [2.75, 3.05) is 19.8 Å². The average Bonchev–Trinajstić information content (AvgIpc) is 2.64. The van der Waals surface area contributed by atoms with Gasteiger partial charge < -0.3 is 30.6 Å². The van der Waals surface area contributed by atoms with Crippen LogP contribution in [0.5, 0.6) is 0 Å². The molecule has 0 amide bonds. The Hall–Kier alpha value is -1.97. The zero-order valence-corrected chi connectivity index (χ0v) is 16.3. The van der Waals surface area contributed by atoms with Crippen LogP contribution in [-0.4, -0.2) is 68.4 Å². The number of aliphatic hydroxyl groups excluding tert-OH is 3. The SMILES string of the molecule is O=C(O)C=CCCC(CO)(CO)CO.O=C(O)CCCCCCCCC(=O)O. The first-order valence-corrected chi connectivity index (χ1v) is 9.38. The standard InChI is InChI=1S/C10H18O4.C9H16O5/c11-9(12)7-5-3-1-2-4-6-8-10(13)14;10-5-9(6-11,7-12)4-2-1-3-8(13)14/h1-8H2,(H,11,12)(H,13,14);1,3,10-12H,2,4-7H2,(H,13,14). The van der Waals surface area contributed by atoms with Gasteiger partial charge >= 0.3 is 17.9 Å². The quantitative estimate of drug-likeness (QED) is 0.164. The van der Waals surface area contributed by atoms with Gasteiger partial charge in [-0.2, -0.15) is 0 Å². The summed E-state index contributed by atoms with van der Waals surface area (Å²) in [6.45, 7) is -0.956. The van der Waals surface area contributed by atoms with Gasteiger partial charge in [0.25, 0.3) is 0 Å². The van der Waals surface area contributed by atoms with Crippen molar-refractivity contribution in [3.05, 3.63) is 12.2 Å². The first-order valence-electron chi connectivity index (χ1n) is 9.38. The van der Waals surface area contributed by atoms with Gasteiger partial charge in [0.05, 0.1) is 19.8 Å². The lowest BCUT2D eigenvalue weighted by Gasteiger charge is -2.26. The van der Waals surface area contributed by atoms with Gasteiger partial charge in [0, 0.05) is 24.3 Å². The number of aliphatic carboxylic acids is 3. The second-order valence-corrected chi connectivity index (χ2v) is 6.66. The maximum Gasteiger partial charge on any atom is 0.327 e. The van der Waals surface area contributed by atoms with E-state index in [9.17, 15) is 14.4 Å². The predicted octanol–water partition coefficient (Wildman–Crippen LogP) is 1.65. The Morgan fingerprint density at radius 1 is 0.679 bits per heavy atom. The maximum absolute atomic E-state index is 10.1. The van der Waals surface area contributed by atoms with Crippen molar-refractivity contribution in [3.63, 3.8) is 0 Å². The summed E-state index contributed by atoms with van der Waals surface area (Å²) in [5.74, 6) is -2.51. The number of rotatable bonds is 16. The summed E-state index contributed by atoms with van der Waals surface area (Å²) in [5.41, 5.74) is -0.914. The highest BCUT2D eigenvalue weighted by Gasteiger charge is 2.26. The fourth-order valence-electron chi connectivity index (χ4n) is 2.22. The van der Waals surface area contributed by atoms with E-state index in [0.29, 0.717) is 12.8 Å². The zero-order valence-electron chi connectivity index (χ0n) is 16.3. The largest absolute Gasteiger partial charge is 0.481 e. The van der Waals surface area contributed by atoms with Gasteiger partial charge in [0.2, 0.25) is 0 Å². The molecule has 9 nitrogen and oxygen atoms in total. The second kappa shape index (κ2) is 18.4. The number of unbranched alkanes of at least 4 members (excludes halogenated alkanes) is 5. The Labute approximate surface area is 165 Å². The van der Waals surface area contributed by atoms with Gasteiger partial charge in [-0.05, 0) is 25.7 Å². The highest BCUT2D eigenvalue weighted by molar-refractivity contribution is 5.79. The lowest BCUT2D eigenvalue weighted by Crippen LogP contribution is -2.33. The average molecular weight is 406 g/mol. The van der Waals surface area contributed by atoms with Crippen LogP contribution in [0.15, 0.2) is 12.2 Å². The number of carbonyl (C=O) groups is 3. The molecule has 0 fully saturated rings. The van der Waals surface area contributed by atoms with Crippen LogP contribution in [0.3, 0.4) is 0 Å². The van der Waals surface area contributed by atoms with Crippen molar-refractivity contribution in [2.45, 2.75) is 64.2 Å². The number of carboxylic acid groups (broad SMARTS) is 3. The summed E-state index contributed by atoms with van der Waals surface area (Å²) in [4.78, 5) is 30.4. The Kier molecular flexibility index (Phi) is 18.6. The van der Waals surface area contributed by atoms with E-state index in [4.69, 9.17) is 30.6 Å². The van der Waals surface area contributed by atoms with Crippen LogP contribution in [0.4, 0.5) is 0 Å². The van der Waals surface area contributed by atoms with Crippen LogP contribution >= 0.6 is 0 Å². The summed E-state index contributed by atoms with van der Waals surface area (Å²) in [7, 11) is 0. The Morgan fingerprint density at radius 3 is 1.39 bits per heavy atom. The van der Waals surface area contributed by atoms with E-state index in [2.05, 4.69) is 0 Å². The van der Waals surface area contributed by atoms with Crippen LogP contribution < -0.4 is 0 Å². The molecule has 6 N–H and O–H groups in total. The molecule has 0 saturated heterocycles. The third-order valence-corrected chi connectivity index (χ3v) is 4.14. The minimum absolute atomic E-state index is 0.245. The zero-order chi connectivity index (χ0) is 21.8. The summed E-state index contributed by atoms with van der Waals surface area (Å²) in [6.07, 6.45) is 8.99. The third kappa shape index (κ3) is 18.8. The van der Waals surface area contributed by atoms with E-state index >= 15 is 0 Å². The first kappa shape index (κ1) is 28.2. The number of aliphatic hydroxyl groups is 3. The van der Waals surface area contributed by atoms with E-state index in [1.54, 1.807) is 0 Å². The monoisotopic (exact) mass is 406 g/mol. The molecular weight excluding hydrogens is 372 g/mol. The number of hydrogen-bond donors (Lipinski definition) is 6. The molecule has 0 heterocycles. The van der Waals surface area contributed by atoms with Crippen molar-refractivity contribution in [1.29, 1.82) is 0 Å². The molecule has 0 aliphatic rings. The number of carboxylic acids is 3. The minimum atomic E-state index is -1.03. The van der Waals surface area contributed by atoms with Crippen LogP contribution in [0.2, 0.25) is 0 Å². The fraction of sp³-hybridized carbons (Fsp3) is 0.737. The highest BCUT2D eigenvalue weighted by atomic mass is 16.4. The van der Waals surface area contributed by atoms with E-state index in [0.717, 1.165) is 44.6 Å². The molecule has 0 saturated carbocycles. The summed E-state index contributed by atoms with van der Waals surface area (Å²) >= 11 is 0. The molecule has 0 spiro atoms. The molecule has 28 heavy (non-hydrogen) atoms. The van der Waals surface area contributed by atoms with E-state index < -0.39 is 23.3 Å². The van der Waals surface area contributed by atoms with Gasteiger partial charge in [-0.15, -0.1) is 0 Å². The van der Waals surface area contributed by atoms with Crippen molar-refractivity contribution < 1.29 is 45.0 Å². The lowest BCUT2D eigenvalue weighted by molar-refractivity contribution is -0.138. The maximum atomic E-state index is 10.1. The van der Waals surface area contributed by atoms with Gasteiger partial charge in [-0.25, -0.2) is 4.79 Å². The summed E-state index contributed by atoms with van der Waals surface area (Å²) < 4.78 is 0. The summed E-state index contributed by atoms with van der Waals surface area (Å²) in [5, 5.41) is 51.8. The molecule has 0 rings (SSSR count). The molecule has 0 aliphatic carbocycles. The highest BCUT2D eigenvalue weighted by Crippen LogP contribution is 2.22. The predicted molar refractivity (Wildman–Crippen MR) is 102 cm³/mol. The van der Waals surface area contributed by atoms with Gasteiger partial charge in [-0.3, -0.25) is 9.59 Å². The van der Waals surface area contributed by atoms with Gasteiger partial charge in [0.1, 0.15) is 0 Å². The molecule has 0 atom stereocenters. The first-order chi connectivity index (χ1) is 13.2. The summed E-state index contributed by atoms with van der Waals surface area (Å²) in [6, 6.07) is 0. The Bertz CT molecular complexity index is 428. The molecule has 0 aromatic rings. The van der Waals surface area contributed by atoms with Crippen molar-refractivity contribution in [1.82, 2.24) is 0 Å². The van der Waals surface area contributed by atoms with Gasteiger partial charge in [0.15, 0.2) is 0 Å². The van der Waals surface area contributed by atoms with Crippen LogP contribution in [0.25, 0.3) is 0 Å². The molecule has 0 unspecified atom stereocenters. The number of hydrogen-bond acceptors (Lipinski definition) is 6. The Morgan fingerprint density at radius 2 is 1.07 bits per heavy atom.